The van der Waals surface area contributed by atoms with Gasteiger partial charge in [0, 0.05) is 25.7 Å². The molecule has 0 saturated carbocycles. The molecule has 1 amide bonds. The van der Waals surface area contributed by atoms with E-state index in [1.807, 2.05) is 17.9 Å². The zero-order valence-corrected chi connectivity index (χ0v) is 10.3. The summed E-state index contributed by atoms with van der Waals surface area (Å²) in [6.07, 6.45) is 0. The second-order valence-corrected chi connectivity index (χ2v) is 4.02. The average molecular weight is 245 g/mol. The van der Waals surface area contributed by atoms with Gasteiger partial charge in [0.2, 0.25) is 0 Å². The first-order valence-electron chi connectivity index (χ1n) is 5.26. The zero-order chi connectivity index (χ0) is 10.8. The van der Waals surface area contributed by atoms with Gasteiger partial charge in [0.15, 0.2) is 5.76 Å². The summed E-state index contributed by atoms with van der Waals surface area (Å²) in [5, 5.41) is 3.30. The Morgan fingerprint density at radius 1 is 1.56 bits per heavy atom. The van der Waals surface area contributed by atoms with Gasteiger partial charge in [0.25, 0.3) is 5.91 Å². The van der Waals surface area contributed by atoms with Gasteiger partial charge in [0.1, 0.15) is 5.76 Å². The molecule has 1 aliphatic heterocycles. The number of nitrogens with zero attached hydrogens (tertiary/aromatic N) is 1. The molecule has 0 radical (unpaired) electrons. The summed E-state index contributed by atoms with van der Waals surface area (Å²) >= 11 is 0. The van der Waals surface area contributed by atoms with E-state index in [1.54, 1.807) is 6.07 Å². The number of carbonyl (C=O) groups is 1. The summed E-state index contributed by atoms with van der Waals surface area (Å²) < 4.78 is 5.32. The number of amides is 1. The maximum absolute atomic E-state index is 12.0. The maximum atomic E-state index is 12.0. The molecule has 0 aromatic carbocycles. The lowest BCUT2D eigenvalue weighted by Crippen LogP contribution is -2.51. The van der Waals surface area contributed by atoms with Gasteiger partial charge in [-0.1, -0.05) is 0 Å². The highest BCUT2D eigenvalue weighted by Gasteiger charge is 2.23. The van der Waals surface area contributed by atoms with Gasteiger partial charge in [-0.2, -0.15) is 0 Å². The number of furan rings is 1. The van der Waals surface area contributed by atoms with E-state index in [9.17, 15) is 4.79 Å². The fraction of sp³-hybridized carbons (Fsp3) is 0.545. The summed E-state index contributed by atoms with van der Waals surface area (Å²) in [6.45, 7) is 6.28. The first-order valence-corrected chi connectivity index (χ1v) is 5.26. The Labute approximate surface area is 101 Å². The lowest BCUT2D eigenvalue weighted by Gasteiger charge is -2.31. The predicted octanol–water partition coefficient (Wildman–Crippen LogP) is 1.44. The number of hydrogen-bond acceptors (Lipinski definition) is 3. The Bertz CT molecular complexity index is 365. The summed E-state index contributed by atoms with van der Waals surface area (Å²) in [4.78, 5) is 13.8. The van der Waals surface area contributed by atoms with Gasteiger partial charge in [-0.3, -0.25) is 4.79 Å². The Kier molecular flexibility index (Phi) is 4.38. The third-order valence-corrected chi connectivity index (χ3v) is 2.61. The van der Waals surface area contributed by atoms with Crippen LogP contribution < -0.4 is 5.32 Å². The Morgan fingerprint density at radius 3 is 2.88 bits per heavy atom. The Balaban J connectivity index is 0.00000128. The highest BCUT2D eigenvalue weighted by Crippen LogP contribution is 2.11. The maximum Gasteiger partial charge on any atom is 0.289 e. The van der Waals surface area contributed by atoms with Crippen molar-refractivity contribution in [3.63, 3.8) is 0 Å². The molecule has 4 nitrogen and oxygen atoms in total. The molecule has 0 spiro atoms. The number of piperazine rings is 1. The Morgan fingerprint density at radius 2 is 2.31 bits per heavy atom. The van der Waals surface area contributed by atoms with Crippen LogP contribution in [0.2, 0.25) is 0 Å². The average Bonchev–Trinajstić information content (AvgIpc) is 2.64. The molecule has 1 unspecified atom stereocenters. The van der Waals surface area contributed by atoms with Crippen LogP contribution in [-0.4, -0.2) is 36.5 Å². The topological polar surface area (TPSA) is 45.5 Å². The molecule has 1 aromatic heterocycles. The van der Waals surface area contributed by atoms with Gasteiger partial charge in [-0.05, 0) is 26.0 Å². The van der Waals surface area contributed by atoms with Crippen molar-refractivity contribution in [2.24, 2.45) is 0 Å². The monoisotopic (exact) mass is 244 g/mol. The van der Waals surface area contributed by atoms with Gasteiger partial charge in [0.05, 0.1) is 0 Å². The van der Waals surface area contributed by atoms with Crippen LogP contribution in [0.1, 0.15) is 23.2 Å². The lowest BCUT2D eigenvalue weighted by atomic mass is 10.2. The van der Waals surface area contributed by atoms with Crippen molar-refractivity contribution in [2.45, 2.75) is 19.9 Å². The molecule has 2 rings (SSSR count). The minimum absolute atomic E-state index is 0. The fourth-order valence-electron chi connectivity index (χ4n) is 1.82. The lowest BCUT2D eigenvalue weighted by molar-refractivity contribution is 0.0675. The molecular weight excluding hydrogens is 228 g/mol. The van der Waals surface area contributed by atoms with Crippen LogP contribution in [0.3, 0.4) is 0 Å². The first-order chi connectivity index (χ1) is 7.16. The molecule has 1 N–H and O–H groups in total. The SMILES string of the molecule is Cc1ccc(C(=O)N2CCNC(C)C2)o1.Cl. The number of hydrogen-bond donors (Lipinski definition) is 1. The highest BCUT2D eigenvalue weighted by molar-refractivity contribution is 5.91. The molecule has 90 valence electrons. The van der Waals surface area contributed by atoms with E-state index in [2.05, 4.69) is 12.2 Å². The van der Waals surface area contributed by atoms with Crippen LogP contribution in [-0.2, 0) is 0 Å². The molecule has 1 saturated heterocycles. The fourth-order valence-corrected chi connectivity index (χ4v) is 1.82. The predicted molar refractivity (Wildman–Crippen MR) is 64.1 cm³/mol. The molecule has 1 atom stereocenters. The molecule has 0 aliphatic carbocycles. The van der Waals surface area contributed by atoms with Crippen molar-refractivity contribution in [2.75, 3.05) is 19.6 Å². The van der Waals surface area contributed by atoms with E-state index in [-0.39, 0.29) is 18.3 Å². The van der Waals surface area contributed by atoms with E-state index in [4.69, 9.17) is 4.42 Å². The van der Waals surface area contributed by atoms with Crippen LogP contribution in [0.25, 0.3) is 0 Å². The van der Waals surface area contributed by atoms with Crippen molar-refractivity contribution in [1.82, 2.24) is 10.2 Å². The molecular formula is C11H17ClN2O2. The number of carbonyl (C=O) groups excluding carboxylic acids is 1. The van der Waals surface area contributed by atoms with Crippen molar-refractivity contribution < 1.29 is 9.21 Å². The van der Waals surface area contributed by atoms with E-state index >= 15 is 0 Å². The minimum atomic E-state index is -0.00329. The quantitative estimate of drug-likeness (QED) is 0.813. The minimum Gasteiger partial charge on any atom is -0.456 e. The van der Waals surface area contributed by atoms with Crippen LogP contribution in [0, 0.1) is 6.92 Å². The van der Waals surface area contributed by atoms with Crippen molar-refractivity contribution in [3.8, 4) is 0 Å². The van der Waals surface area contributed by atoms with E-state index in [0.29, 0.717) is 11.8 Å². The van der Waals surface area contributed by atoms with E-state index in [1.165, 1.54) is 0 Å². The number of aryl methyl sites for hydroxylation is 1. The largest absolute Gasteiger partial charge is 0.456 e. The molecule has 1 fully saturated rings. The summed E-state index contributed by atoms with van der Waals surface area (Å²) in [5.41, 5.74) is 0. The smallest absolute Gasteiger partial charge is 0.289 e. The van der Waals surface area contributed by atoms with Crippen molar-refractivity contribution >= 4 is 18.3 Å². The molecule has 1 aliphatic rings. The molecule has 1 aromatic rings. The summed E-state index contributed by atoms with van der Waals surface area (Å²) in [5.74, 6) is 1.22. The van der Waals surface area contributed by atoms with Crippen LogP contribution in [0.15, 0.2) is 16.5 Å². The second kappa shape index (κ2) is 5.37. The summed E-state index contributed by atoms with van der Waals surface area (Å²) in [7, 11) is 0. The second-order valence-electron chi connectivity index (χ2n) is 4.02. The van der Waals surface area contributed by atoms with Gasteiger partial charge < -0.3 is 14.6 Å². The van der Waals surface area contributed by atoms with E-state index in [0.717, 1.165) is 25.4 Å². The highest BCUT2D eigenvalue weighted by atomic mass is 35.5. The van der Waals surface area contributed by atoms with Crippen molar-refractivity contribution in [3.05, 3.63) is 23.7 Å². The molecule has 0 bridgehead atoms. The molecule has 5 heteroatoms. The number of halogens is 1. The van der Waals surface area contributed by atoms with E-state index < -0.39 is 0 Å². The zero-order valence-electron chi connectivity index (χ0n) is 9.53. The van der Waals surface area contributed by atoms with Gasteiger partial charge in [-0.15, -0.1) is 12.4 Å². The van der Waals surface area contributed by atoms with Crippen LogP contribution >= 0.6 is 12.4 Å². The molecule has 16 heavy (non-hydrogen) atoms. The molecule has 2 heterocycles. The standard InChI is InChI=1S/C11H16N2O2.ClH/c1-8-7-13(6-5-12-8)11(14)10-4-3-9(2)15-10;/h3-4,8,12H,5-7H2,1-2H3;1H. The Hall–Kier alpha value is -1.00. The normalized spacial score (nSPS) is 20.4. The van der Waals surface area contributed by atoms with Crippen LogP contribution in [0.4, 0.5) is 0 Å². The first kappa shape index (κ1) is 13.1. The third kappa shape index (κ3) is 2.77. The number of nitrogens with one attached hydrogen (secondary N) is 1. The van der Waals surface area contributed by atoms with Crippen LogP contribution in [0.5, 0.6) is 0 Å². The summed E-state index contributed by atoms with van der Waals surface area (Å²) in [6, 6.07) is 3.92. The van der Waals surface area contributed by atoms with Gasteiger partial charge in [-0.25, -0.2) is 0 Å². The van der Waals surface area contributed by atoms with Gasteiger partial charge >= 0.3 is 0 Å². The van der Waals surface area contributed by atoms with Crippen molar-refractivity contribution in [1.29, 1.82) is 0 Å². The third-order valence-electron chi connectivity index (χ3n) is 2.61. The number of rotatable bonds is 1.